The molecule has 0 spiro atoms. The SMILES string of the molecule is CCCS(=O)(=O)N(c1cnc2[nH]c(C)cc2c1)c1ccc(F)cc1F. The summed E-state index contributed by atoms with van der Waals surface area (Å²) in [6.07, 6.45) is 1.72. The molecule has 0 aliphatic heterocycles. The molecular formula is C17H17F2N3O2S. The number of halogens is 2. The van der Waals surface area contributed by atoms with Crippen molar-refractivity contribution in [2.24, 2.45) is 0 Å². The van der Waals surface area contributed by atoms with Crippen LogP contribution in [-0.4, -0.2) is 24.1 Å². The molecule has 0 atom stereocenters. The predicted octanol–water partition coefficient (Wildman–Crippen LogP) is 4.03. The first-order valence-electron chi connectivity index (χ1n) is 7.75. The Kier molecular flexibility index (Phi) is 4.47. The lowest BCUT2D eigenvalue weighted by Gasteiger charge is -2.24. The number of benzene rings is 1. The zero-order valence-corrected chi connectivity index (χ0v) is 14.6. The number of rotatable bonds is 5. The maximum Gasteiger partial charge on any atom is 0.239 e. The molecule has 0 aliphatic rings. The van der Waals surface area contributed by atoms with Gasteiger partial charge in [0.15, 0.2) is 5.82 Å². The summed E-state index contributed by atoms with van der Waals surface area (Å²) in [6.45, 7) is 3.57. The summed E-state index contributed by atoms with van der Waals surface area (Å²) in [6, 6.07) is 6.24. The first kappa shape index (κ1) is 17.3. The number of H-pyrrole nitrogens is 1. The number of nitrogens with one attached hydrogen (secondary N) is 1. The summed E-state index contributed by atoms with van der Waals surface area (Å²) in [5, 5.41) is 0.703. The van der Waals surface area contributed by atoms with Gasteiger partial charge < -0.3 is 4.98 Å². The van der Waals surface area contributed by atoms with Crippen molar-refractivity contribution >= 4 is 32.4 Å². The molecule has 3 aromatic rings. The standard InChI is InChI=1S/C17H17F2N3O2S/c1-3-6-25(23,24)22(16-5-4-13(18)9-15(16)19)14-8-12-7-11(2)21-17(12)20-10-14/h4-5,7-10H,3,6H2,1-2H3,(H,20,21). The van der Waals surface area contributed by atoms with E-state index >= 15 is 0 Å². The number of anilines is 2. The Hall–Kier alpha value is -2.48. The topological polar surface area (TPSA) is 66.1 Å². The van der Waals surface area contributed by atoms with Crippen molar-refractivity contribution in [2.75, 3.05) is 10.1 Å². The van der Waals surface area contributed by atoms with Gasteiger partial charge >= 0.3 is 0 Å². The normalized spacial score (nSPS) is 11.8. The fourth-order valence-electron chi connectivity index (χ4n) is 2.70. The Bertz CT molecular complexity index is 1030. The van der Waals surface area contributed by atoms with E-state index in [1.165, 1.54) is 6.20 Å². The van der Waals surface area contributed by atoms with E-state index in [0.29, 0.717) is 23.5 Å². The average Bonchev–Trinajstić information content (AvgIpc) is 2.89. The number of aromatic amines is 1. The summed E-state index contributed by atoms with van der Waals surface area (Å²) in [4.78, 5) is 7.26. The molecule has 5 nitrogen and oxygen atoms in total. The zero-order chi connectivity index (χ0) is 18.2. The first-order valence-corrected chi connectivity index (χ1v) is 9.36. The fourth-order valence-corrected chi connectivity index (χ4v) is 4.26. The molecule has 0 radical (unpaired) electrons. The molecule has 0 unspecified atom stereocenters. The molecule has 3 rings (SSSR count). The van der Waals surface area contributed by atoms with Gasteiger partial charge in [-0.15, -0.1) is 0 Å². The minimum atomic E-state index is -3.86. The van der Waals surface area contributed by atoms with E-state index in [2.05, 4.69) is 9.97 Å². The van der Waals surface area contributed by atoms with E-state index < -0.39 is 21.7 Å². The van der Waals surface area contributed by atoms with Crippen LogP contribution in [0.15, 0.2) is 36.5 Å². The fraction of sp³-hybridized carbons (Fsp3) is 0.235. The van der Waals surface area contributed by atoms with Gasteiger partial charge in [0.2, 0.25) is 10.0 Å². The Labute approximate surface area is 144 Å². The molecule has 2 aromatic heterocycles. The molecular weight excluding hydrogens is 348 g/mol. The van der Waals surface area contributed by atoms with Gasteiger partial charge in [-0.05, 0) is 37.6 Å². The Morgan fingerprint density at radius 1 is 1.20 bits per heavy atom. The van der Waals surface area contributed by atoms with Gasteiger partial charge in [-0.25, -0.2) is 26.5 Å². The Morgan fingerprint density at radius 3 is 2.64 bits per heavy atom. The van der Waals surface area contributed by atoms with Crippen LogP contribution in [-0.2, 0) is 10.0 Å². The average molecular weight is 365 g/mol. The molecule has 0 saturated carbocycles. The lowest BCUT2D eigenvalue weighted by atomic mass is 10.2. The van der Waals surface area contributed by atoms with E-state index in [9.17, 15) is 17.2 Å². The summed E-state index contributed by atoms with van der Waals surface area (Å²) in [5.41, 5.74) is 1.44. The quantitative estimate of drug-likeness (QED) is 0.742. The van der Waals surface area contributed by atoms with Gasteiger partial charge in [-0.2, -0.15) is 0 Å². The van der Waals surface area contributed by atoms with E-state index in [-0.39, 0.29) is 17.1 Å². The molecule has 8 heteroatoms. The van der Waals surface area contributed by atoms with E-state index in [1.54, 1.807) is 13.0 Å². The molecule has 1 N–H and O–H groups in total. The van der Waals surface area contributed by atoms with Crippen molar-refractivity contribution in [3.05, 3.63) is 53.9 Å². The summed E-state index contributed by atoms with van der Waals surface area (Å²) in [5.74, 6) is -1.90. The van der Waals surface area contributed by atoms with Gasteiger partial charge in [-0.3, -0.25) is 0 Å². The molecule has 0 aliphatic carbocycles. The second-order valence-electron chi connectivity index (χ2n) is 5.76. The smallest absolute Gasteiger partial charge is 0.239 e. The minimum absolute atomic E-state index is 0.173. The number of hydrogen-bond acceptors (Lipinski definition) is 3. The highest BCUT2D eigenvalue weighted by molar-refractivity contribution is 7.93. The summed E-state index contributed by atoms with van der Waals surface area (Å²) in [7, 11) is -3.86. The summed E-state index contributed by atoms with van der Waals surface area (Å²) >= 11 is 0. The Morgan fingerprint density at radius 2 is 1.96 bits per heavy atom. The molecule has 2 heterocycles. The van der Waals surface area contributed by atoms with Gasteiger partial charge in [0.05, 0.1) is 23.3 Å². The van der Waals surface area contributed by atoms with Crippen LogP contribution in [0.1, 0.15) is 19.0 Å². The number of pyridine rings is 1. The molecule has 0 bridgehead atoms. The third kappa shape index (κ3) is 3.34. The van der Waals surface area contributed by atoms with Crippen LogP contribution in [0.25, 0.3) is 11.0 Å². The van der Waals surface area contributed by atoms with E-state index in [1.807, 2.05) is 13.0 Å². The second-order valence-corrected chi connectivity index (χ2v) is 7.70. The number of aryl methyl sites for hydroxylation is 1. The van der Waals surface area contributed by atoms with Gasteiger partial charge in [0, 0.05) is 17.1 Å². The van der Waals surface area contributed by atoms with Gasteiger partial charge in [-0.1, -0.05) is 6.92 Å². The number of aromatic nitrogens is 2. The highest BCUT2D eigenvalue weighted by Gasteiger charge is 2.27. The molecule has 0 saturated heterocycles. The maximum atomic E-state index is 14.3. The van der Waals surface area contributed by atoms with Crippen LogP contribution in [0.5, 0.6) is 0 Å². The van der Waals surface area contributed by atoms with Crippen molar-refractivity contribution in [1.29, 1.82) is 0 Å². The molecule has 25 heavy (non-hydrogen) atoms. The molecule has 1 aromatic carbocycles. The maximum absolute atomic E-state index is 14.3. The van der Waals surface area contributed by atoms with Crippen LogP contribution < -0.4 is 4.31 Å². The van der Waals surface area contributed by atoms with Crippen molar-refractivity contribution < 1.29 is 17.2 Å². The van der Waals surface area contributed by atoms with Crippen molar-refractivity contribution in [3.8, 4) is 0 Å². The predicted molar refractivity (Wildman–Crippen MR) is 93.4 cm³/mol. The number of fused-ring (bicyclic) bond motifs is 1. The number of sulfonamides is 1. The van der Waals surface area contributed by atoms with Crippen LogP contribution >= 0.6 is 0 Å². The highest BCUT2D eigenvalue weighted by atomic mass is 32.2. The van der Waals surface area contributed by atoms with E-state index in [4.69, 9.17) is 0 Å². The molecule has 0 fully saturated rings. The summed E-state index contributed by atoms with van der Waals surface area (Å²) < 4.78 is 53.9. The molecule has 0 amide bonds. The minimum Gasteiger partial charge on any atom is -0.344 e. The molecule has 132 valence electrons. The lowest BCUT2D eigenvalue weighted by Crippen LogP contribution is -2.29. The highest BCUT2D eigenvalue weighted by Crippen LogP contribution is 2.33. The van der Waals surface area contributed by atoms with Crippen molar-refractivity contribution in [1.82, 2.24) is 9.97 Å². The van der Waals surface area contributed by atoms with Crippen LogP contribution in [0.3, 0.4) is 0 Å². The number of nitrogens with zero attached hydrogens (tertiary/aromatic N) is 2. The van der Waals surface area contributed by atoms with Crippen LogP contribution in [0, 0.1) is 18.6 Å². The van der Waals surface area contributed by atoms with Crippen molar-refractivity contribution in [3.63, 3.8) is 0 Å². The van der Waals surface area contributed by atoms with Gasteiger partial charge in [0.25, 0.3) is 0 Å². The Balaban J connectivity index is 2.22. The van der Waals surface area contributed by atoms with Crippen LogP contribution in [0.2, 0.25) is 0 Å². The second kappa shape index (κ2) is 6.44. The first-order chi connectivity index (χ1) is 11.8. The number of hydrogen-bond donors (Lipinski definition) is 1. The third-order valence-electron chi connectivity index (χ3n) is 3.69. The third-order valence-corrected chi connectivity index (χ3v) is 5.58. The lowest BCUT2D eigenvalue weighted by molar-refractivity contribution is 0.578. The van der Waals surface area contributed by atoms with E-state index in [0.717, 1.165) is 22.1 Å². The van der Waals surface area contributed by atoms with Crippen LogP contribution in [0.4, 0.5) is 20.2 Å². The van der Waals surface area contributed by atoms with Gasteiger partial charge in [0.1, 0.15) is 11.5 Å². The zero-order valence-electron chi connectivity index (χ0n) is 13.8. The largest absolute Gasteiger partial charge is 0.344 e. The monoisotopic (exact) mass is 365 g/mol. The van der Waals surface area contributed by atoms with Crippen molar-refractivity contribution in [2.45, 2.75) is 20.3 Å².